The van der Waals surface area contributed by atoms with Crippen LogP contribution in [-0.2, 0) is 4.79 Å². The van der Waals surface area contributed by atoms with Gasteiger partial charge in [0.05, 0.1) is 5.92 Å². The van der Waals surface area contributed by atoms with Crippen LogP contribution in [0.15, 0.2) is 0 Å². The molecule has 0 aromatic rings. The normalized spacial score (nSPS) is 28.7. The van der Waals surface area contributed by atoms with Gasteiger partial charge >= 0.3 is 5.97 Å². The van der Waals surface area contributed by atoms with Gasteiger partial charge in [-0.05, 0) is 20.9 Å². The minimum absolute atomic E-state index is 0.124. The standard InChI is InChI=1S/C11H22N2O2/c1-8-7-13(6-5-12(8)4)10(3)9(2)11(14)15/h8-10H,5-7H2,1-4H3,(H,14,15). The number of carboxylic acids is 1. The molecular weight excluding hydrogens is 192 g/mol. The summed E-state index contributed by atoms with van der Waals surface area (Å²) < 4.78 is 0. The van der Waals surface area contributed by atoms with Gasteiger partial charge in [0.1, 0.15) is 0 Å². The van der Waals surface area contributed by atoms with Gasteiger partial charge in [-0.1, -0.05) is 6.92 Å². The molecule has 1 saturated heterocycles. The molecule has 1 N–H and O–H groups in total. The lowest BCUT2D eigenvalue weighted by Gasteiger charge is -2.41. The van der Waals surface area contributed by atoms with E-state index in [0.29, 0.717) is 6.04 Å². The highest BCUT2D eigenvalue weighted by Crippen LogP contribution is 2.16. The predicted octanol–water partition coefficient (Wildman–Crippen LogP) is 0.731. The van der Waals surface area contributed by atoms with Crippen molar-refractivity contribution in [1.82, 2.24) is 9.80 Å². The number of rotatable bonds is 3. The number of carboxylic acid groups (broad SMARTS) is 1. The zero-order valence-electron chi connectivity index (χ0n) is 10.1. The Morgan fingerprint density at radius 3 is 2.47 bits per heavy atom. The van der Waals surface area contributed by atoms with Crippen molar-refractivity contribution in [2.45, 2.75) is 32.9 Å². The van der Waals surface area contributed by atoms with Crippen molar-refractivity contribution < 1.29 is 9.90 Å². The molecule has 0 bridgehead atoms. The van der Waals surface area contributed by atoms with Gasteiger partial charge in [-0.15, -0.1) is 0 Å². The lowest BCUT2D eigenvalue weighted by molar-refractivity contribution is -0.143. The highest BCUT2D eigenvalue weighted by molar-refractivity contribution is 5.70. The fourth-order valence-corrected chi connectivity index (χ4v) is 1.97. The van der Waals surface area contributed by atoms with Gasteiger partial charge in [-0.3, -0.25) is 9.69 Å². The summed E-state index contributed by atoms with van der Waals surface area (Å²) in [5.74, 6) is -0.991. The molecule has 4 nitrogen and oxygen atoms in total. The Morgan fingerprint density at radius 2 is 2.00 bits per heavy atom. The second-order valence-electron chi connectivity index (χ2n) is 4.69. The maximum atomic E-state index is 10.9. The third-order valence-electron chi connectivity index (χ3n) is 3.68. The zero-order valence-corrected chi connectivity index (χ0v) is 10.1. The molecule has 1 fully saturated rings. The van der Waals surface area contributed by atoms with Crippen LogP contribution in [-0.4, -0.2) is 59.6 Å². The number of likely N-dealkylation sites (N-methyl/N-ethyl adjacent to an activating group) is 1. The van der Waals surface area contributed by atoms with Crippen LogP contribution in [0.4, 0.5) is 0 Å². The van der Waals surface area contributed by atoms with Crippen LogP contribution in [0.2, 0.25) is 0 Å². The molecule has 4 heteroatoms. The largest absolute Gasteiger partial charge is 0.481 e. The summed E-state index contributed by atoms with van der Waals surface area (Å²) in [4.78, 5) is 15.5. The van der Waals surface area contributed by atoms with Crippen molar-refractivity contribution in [2.24, 2.45) is 5.92 Å². The van der Waals surface area contributed by atoms with E-state index in [0.717, 1.165) is 19.6 Å². The molecule has 0 saturated carbocycles. The summed E-state index contributed by atoms with van der Waals surface area (Å²) in [6, 6.07) is 0.640. The zero-order chi connectivity index (χ0) is 11.6. The number of hydrogen-bond acceptors (Lipinski definition) is 3. The van der Waals surface area contributed by atoms with Crippen LogP contribution >= 0.6 is 0 Å². The summed E-state index contributed by atoms with van der Waals surface area (Å²) in [5, 5.41) is 8.96. The molecule has 3 unspecified atom stereocenters. The smallest absolute Gasteiger partial charge is 0.307 e. The van der Waals surface area contributed by atoms with Gasteiger partial charge in [0, 0.05) is 31.7 Å². The van der Waals surface area contributed by atoms with E-state index in [1.807, 2.05) is 6.92 Å². The Bertz CT molecular complexity index is 233. The van der Waals surface area contributed by atoms with E-state index < -0.39 is 5.97 Å². The fraction of sp³-hybridized carbons (Fsp3) is 0.909. The van der Waals surface area contributed by atoms with Gasteiger partial charge in [0.25, 0.3) is 0 Å². The van der Waals surface area contributed by atoms with Crippen LogP contribution in [0.5, 0.6) is 0 Å². The Labute approximate surface area is 91.9 Å². The topological polar surface area (TPSA) is 43.8 Å². The van der Waals surface area contributed by atoms with Crippen LogP contribution in [0.3, 0.4) is 0 Å². The Balaban J connectivity index is 2.54. The van der Waals surface area contributed by atoms with E-state index in [2.05, 4.69) is 23.8 Å². The van der Waals surface area contributed by atoms with Crippen molar-refractivity contribution >= 4 is 5.97 Å². The van der Waals surface area contributed by atoms with Crippen molar-refractivity contribution in [1.29, 1.82) is 0 Å². The van der Waals surface area contributed by atoms with Gasteiger partial charge < -0.3 is 10.0 Å². The summed E-state index contributed by atoms with van der Waals surface area (Å²) in [7, 11) is 2.12. The van der Waals surface area contributed by atoms with Crippen molar-refractivity contribution in [3.8, 4) is 0 Å². The highest BCUT2D eigenvalue weighted by Gasteiger charge is 2.29. The monoisotopic (exact) mass is 214 g/mol. The molecular formula is C11H22N2O2. The molecule has 0 spiro atoms. The van der Waals surface area contributed by atoms with Gasteiger partial charge in [-0.2, -0.15) is 0 Å². The van der Waals surface area contributed by atoms with Crippen molar-refractivity contribution in [3.63, 3.8) is 0 Å². The minimum atomic E-state index is -0.700. The fourth-order valence-electron chi connectivity index (χ4n) is 1.97. The molecule has 0 aromatic carbocycles. The Hall–Kier alpha value is -0.610. The number of hydrogen-bond donors (Lipinski definition) is 1. The summed E-state index contributed by atoms with van der Waals surface area (Å²) in [5.41, 5.74) is 0. The van der Waals surface area contributed by atoms with E-state index in [-0.39, 0.29) is 12.0 Å². The first-order valence-electron chi connectivity index (χ1n) is 5.60. The second kappa shape index (κ2) is 4.94. The Kier molecular flexibility index (Phi) is 4.11. The molecule has 1 aliphatic rings. The Morgan fingerprint density at radius 1 is 1.40 bits per heavy atom. The molecule has 1 rings (SSSR count). The molecule has 0 aliphatic carbocycles. The average Bonchev–Trinajstić information content (AvgIpc) is 2.19. The van der Waals surface area contributed by atoms with E-state index in [9.17, 15) is 4.79 Å². The quantitative estimate of drug-likeness (QED) is 0.752. The van der Waals surface area contributed by atoms with Crippen LogP contribution < -0.4 is 0 Å². The molecule has 88 valence electrons. The lowest BCUT2D eigenvalue weighted by Crippen LogP contribution is -2.54. The highest BCUT2D eigenvalue weighted by atomic mass is 16.4. The third-order valence-corrected chi connectivity index (χ3v) is 3.68. The average molecular weight is 214 g/mol. The first-order valence-corrected chi connectivity index (χ1v) is 5.60. The first kappa shape index (κ1) is 12.5. The molecule has 1 aliphatic heterocycles. The molecule has 1 heterocycles. The SMILES string of the molecule is CC(C(=O)O)C(C)N1CCN(C)C(C)C1. The van der Waals surface area contributed by atoms with E-state index in [1.54, 1.807) is 6.92 Å². The van der Waals surface area contributed by atoms with Crippen LogP contribution in [0, 0.1) is 5.92 Å². The number of piperazine rings is 1. The molecule has 3 atom stereocenters. The minimum Gasteiger partial charge on any atom is -0.481 e. The van der Waals surface area contributed by atoms with Crippen LogP contribution in [0.1, 0.15) is 20.8 Å². The van der Waals surface area contributed by atoms with Gasteiger partial charge in [-0.25, -0.2) is 0 Å². The van der Waals surface area contributed by atoms with Gasteiger partial charge in [0.15, 0.2) is 0 Å². The van der Waals surface area contributed by atoms with Crippen molar-refractivity contribution in [2.75, 3.05) is 26.7 Å². The lowest BCUT2D eigenvalue weighted by atomic mass is 10.0. The summed E-state index contributed by atoms with van der Waals surface area (Å²) >= 11 is 0. The number of aliphatic carboxylic acids is 1. The molecule has 15 heavy (non-hydrogen) atoms. The molecule has 0 radical (unpaired) electrons. The maximum Gasteiger partial charge on any atom is 0.307 e. The third kappa shape index (κ3) is 2.92. The summed E-state index contributed by atoms with van der Waals surface area (Å²) in [6.45, 7) is 8.95. The van der Waals surface area contributed by atoms with E-state index in [1.165, 1.54) is 0 Å². The van der Waals surface area contributed by atoms with E-state index in [4.69, 9.17) is 5.11 Å². The van der Waals surface area contributed by atoms with Gasteiger partial charge in [0.2, 0.25) is 0 Å². The second-order valence-corrected chi connectivity index (χ2v) is 4.69. The predicted molar refractivity (Wildman–Crippen MR) is 59.9 cm³/mol. The molecule has 0 aromatic heterocycles. The number of nitrogens with zero attached hydrogens (tertiary/aromatic N) is 2. The molecule has 0 amide bonds. The number of carbonyl (C=O) groups is 1. The van der Waals surface area contributed by atoms with E-state index >= 15 is 0 Å². The summed E-state index contributed by atoms with van der Waals surface area (Å²) in [6.07, 6.45) is 0. The van der Waals surface area contributed by atoms with Crippen LogP contribution in [0.25, 0.3) is 0 Å². The maximum absolute atomic E-state index is 10.9. The first-order chi connectivity index (χ1) is 6.93. The van der Waals surface area contributed by atoms with Crippen molar-refractivity contribution in [3.05, 3.63) is 0 Å².